The van der Waals surface area contributed by atoms with E-state index in [-0.39, 0.29) is 0 Å². The maximum Gasteiger partial charge on any atom is 0.353 e. The van der Waals surface area contributed by atoms with E-state index in [0.717, 1.165) is 17.3 Å². The van der Waals surface area contributed by atoms with Crippen molar-refractivity contribution in [3.63, 3.8) is 0 Å². The van der Waals surface area contributed by atoms with Crippen molar-refractivity contribution in [1.82, 2.24) is 0 Å². The molecular weight excluding hydrogens is 255 g/mol. The number of rotatable bonds is 4. The van der Waals surface area contributed by atoms with Gasteiger partial charge in [0, 0.05) is 5.75 Å². The van der Waals surface area contributed by atoms with Crippen LogP contribution in [0.15, 0.2) is 30.3 Å². The molecule has 0 heterocycles. The number of carbonyl (C=O) groups excluding carboxylic acids is 1. The van der Waals surface area contributed by atoms with Crippen molar-refractivity contribution < 1.29 is 9.53 Å². The van der Waals surface area contributed by atoms with Gasteiger partial charge in [0.25, 0.3) is 3.67 Å². The van der Waals surface area contributed by atoms with Crippen molar-refractivity contribution in [1.29, 1.82) is 0 Å². The summed E-state index contributed by atoms with van der Waals surface area (Å²) in [6.07, 6.45) is 0. The van der Waals surface area contributed by atoms with Crippen LogP contribution < -0.4 is 0 Å². The van der Waals surface area contributed by atoms with Crippen molar-refractivity contribution in [2.24, 2.45) is 0 Å². The van der Waals surface area contributed by atoms with Gasteiger partial charge in [-0.25, -0.2) is 4.79 Å². The van der Waals surface area contributed by atoms with Crippen molar-refractivity contribution in [2.75, 3.05) is 7.11 Å². The van der Waals surface area contributed by atoms with E-state index in [2.05, 4.69) is 4.74 Å². The topological polar surface area (TPSA) is 26.3 Å². The third-order valence-corrected chi connectivity index (χ3v) is 3.66. The zero-order valence-corrected chi connectivity index (χ0v) is 10.4. The zero-order chi connectivity index (χ0) is 11.3. The SMILES string of the molecule is COC(=O)C(Cl)(Cl)SCc1ccccc1. The Hall–Kier alpha value is -0.380. The smallest absolute Gasteiger partial charge is 0.353 e. The molecule has 0 unspecified atom stereocenters. The Kier molecular flexibility index (Phi) is 4.77. The average Bonchev–Trinajstić information content (AvgIpc) is 2.27. The lowest BCUT2D eigenvalue weighted by atomic mass is 10.2. The second kappa shape index (κ2) is 5.64. The van der Waals surface area contributed by atoms with Gasteiger partial charge in [0.05, 0.1) is 7.11 Å². The molecule has 0 aromatic heterocycles. The Morgan fingerprint density at radius 1 is 1.40 bits per heavy atom. The quantitative estimate of drug-likeness (QED) is 0.617. The summed E-state index contributed by atoms with van der Waals surface area (Å²) in [6.45, 7) is 0. The highest BCUT2D eigenvalue weighted by Gasteiger charge is 2.35. The molecule has 0 spiro atoms. The Morgan fingerprint density at radius 3 is 2.53 bits per heavy atom. The summed E-state index contributed by atoms with van der Waals surface area (Å²) in [5.74, 6) is -0.0880. The van der Waals surface area contributed by atoms with Gasteiger partial charge in [0.1, 0.15) is 0 Å². The molecule has 1 rings (SSSR count). The van der Waals surface area contributed by atoms with Crippen LogP contribution in [0.25, 0.3) is 0 Å². The molecule has 0 N–H and O–H groups in total. The summed E-state index contributed by atoms with van der Waals surface area (Å²) in [4.78, 5) is 11.1. The second-order valence-corrected chi connectivity index (χ2v) is 5.75. The number of thioether (sulfide) groups is 1. The lowest BCUT2D eigenvalue weighted by Gasteiger charge is -2.15. The third-order valence-electron chi connectivity index (χ3n) is 1.69. The highest BCUT2D eigenvalue weighted by Crippen LogP contribution is 2.37. The molecule has 0 atom stereocenters. The van der Waals surface area contributed by atoms with Crippen molar-refractivity contribution in [2.45, 2.75) is 9.42 Å². The first kappa shape index (κ1) is 12.7. The molecule has 0 aliphatic rings. The van der Waals surface area contributed by atoms with Gasteiger partial charge in [0.15, 0.2) is 0 Å². The highest BCUT2D eigenvalue weighted by atomic mass is 35.5. The standard InChI is InChI=1S/C10H10Cl2O2S/c1-14-9(13)10(11,12)15-7-8-5-3-2-4-6-8/h2-6H,7H2,1H3. The molecule has 0 bridgehead atoms. The molecule has 0 aliphatic carbocycles. The molecule has 82 valence electrons. The molecule has 0 saturated carbocycles. The van der Waals surface area contributed by atoms with Crippen LogP contribution in [0.4, 0.5) is 0 Å². The minimum absolute atomic E-state index is 0.558. The number of esters is 1. The molecule has 15 heavy (non-hydrogen) atoms. The number of alkyl halides is 2. The molecule has 1 aromatic carbocycles. The molecule has 5 heteroatoms. The molecule has 0 radical (unpaired) electrons. The van der Waals surface area contributed by atoms with E-state index in [1.807, 2.05) is 30.3 Å². The number of methoxy groups -OCH3 is 1. The van der Waals surface area contributed by atoms with E-state index in [0.29, 0.717) is 5.75 Å². The maximum absolute atomic E-state index is 11.1. The molecule has 2 nitrogen and oxygen atoms in total. The Balaban J connectivity index is 2.53. The van der Waals surface area contributed by atoms with Gasteiger partial charge in [-0.05, 0) is 5.56 Å². The number of benzene rings is 1. The van der Waals surface area contributed by atoms with E-state index in [1.165, 1.54) is 7.11 Å². The number of carbonyl (C=O) groups is 1. The van der Waals surface area contributed by atoms with Gasteiger partial charge in [-0.15, -0.1) is 11.8 Å². The fourth-order valence-corrected chi connectivity index (χ4v) is 2.15. The normalized spacial score (nSPS) is 11.1. The summed E-state index contributed by atoms with van der Waals surface area (Å²) in [6, 6.07) is 9.63. The second-order valence-electron chi connectivity index (χ2n) is 2.78. The van der Waals surface area contributed by atoms with E-state index in [1.54, 1.807) is 0 Å². The fourth-order valence-electron chi connectivity index (χ4n) is 0.926. The van der Waals surface area contributed by atoms with Crippen molar-refractivity contribution >= 4 is 40.9 Å². The Morgan fingerprint density at radius 2 is 2.00 bits per heavy atom. The van der Waals surface area contributed by atoms with Gasteiger partial charge in [-0.1, -0.05) is 53.5 Å². The number of halogens is 2. The summed E-state index contributed by atoms with van der Waals surface area (Å²) in [5, 5.41) is 0. The molecule has 0 amide bonds. The first-order chi connectivity index (χ1) is 7.06. The third kappa shape index (κ3) is 3.93. The summed E-state index contributed by atoms with van der Waals surface area (Å²) in [7, 11) is 1.25. The minimum atomic E-state index is -1.54. The monoisotopic (exact) mass is 264 g/mol. The fraction of sp³-hybridized carbons (Fsp3) is 0.300. The van der Waals surface area contributed by atoms with Gasteiger partial charge in [-0.2, -0.15) is 0 Å². The predicted octanol–water partition coefficient (Wildman–Crippen LogP) is 3.22. The van der Waals surface area contributed by atoms with Gasteiger partial charge < -0.3 is 4.74 Å². The largest absolute Gasteiger partial charge is 0.466 e. The lowest BCUT2D eigenvalue weighted by molar-refractivity contribution is -0.139. The van der Waals surface area contributed by atoms with Gasteiger partial charge >= 0.3 is 5.97 Å². The molecule has 0 fully saturated rings. The Labute approximate surface area is 103 Å². The van der Waals surface area contributed by atoms with E-state index < -0.39 is 9.63 Å². The lowest BCUT2D eigenvalue weighted by Crippen LogP contribution is -2.23. The van der Waals surface area contributed by atoms with Crippen LogP contribution in [0.5, 0.6) is 0 Å². The summed E-state index contributed by atoms with van der Waals surface area (Å²) < 4.78 is 2.94. The molecule has 0 aliphatic heterocycles. The van der Waals surface area contributed by atoms with Crippen LogP contribution in [-0.4, -0.2) is 16.7 Å². The van der Waals surface area contributed by atoms with Crippen LogP contribution >= 0.6 is 35.0 Å². The minimum Gasteiger partial charge on any atom is -0.466 e. The van der Waals surface area contributed by atoms with Gasteiger partial charge in [-0.3, -0.25) is 0 Å². The van der Waals surface area contributed by atoms with E-state index in [9.17, 15) is 4.79 Å². The van der Waals surface area contributed by atoms with Crippen LogP contribution in [0, 0.1) is 0 Å². The number of hydrogen-bond donors (Lipinski definition) is 0. The van der Waals surface area contributed by atoms with E-state index >= 15 is 0 Å². The molecule has 1 aromatic rings. The van der Waals surface area contributed by atoms with Crippen molar-refractivity contribution in [3.8, 4) is 0 Å². The molecule has 0 saturated heterocycles. The number of hydrogen-bond acceptors (Lipinski definition) is 3. The molecular formula is C10H10Cl2O2S. The van der Waals surface area contributed by atoms with Crippen LogP contribution in [0.2, 0.25) is 0 Å². The predicted molar refractivity (Wildman–Crippen MR) is 64.2 cm³/mol. The van der Waals surface area contributed by atoms with Crippen molar-refractivity contribution in [3.05, 3.63) is 35.9 Å². The highest BCUT2D eigenvalue weighted by molar-refractivity contribution is 8.03. The Bertz CT molecular complexity index is 327. The zero-order valence-electron chi connectivity index (χ0n) is 8.07. The number of ether oxygens (including phenoxy) is 1. The van der Waals surface area contributed by atoms with Crippen LogP contribution in [0.1, 0.15) is 5.56 Å². The van der Waals surface area contributed by atoms with Gasteiger partial charge in [0.2, 0.25) is 0 Å². The summed E-state index contributed by atoms with van der Waals surface area (Å²) in [5.41, 5.74) is 1.05. The first-order valence-corrected chi connectivity index (χ1v) is 5.94. The maximum atomic E-state index is 11.1. The first-order valence-electron chi connectivity index (χ1n) is 4.20. The average molecular weight is 265 g/mol. The van der Waals surface area contributed by atoms with E-state index in [4.69, 9.17) is 23.2 Å². The summed E-state index contributed by atoms with van der Waals surface area (Å²) >= 11 is 12.7. The van der Waals surface area contributed by atoms with Crippen LogP contribution in [-0.2, 0) is 15.3 Å². The van der Waals surface area contributed by atoms with Crippen LogP contribution in [0.3, 0.4) is 0 Å².